The van der Waals surface area contributed by atoms with Gasteiger partial charge in [0, 0.05) is 35.9 Å². The zero-order chi connectivity index (χ0) is 33.9. The van der Waals surface area contributed by atoms with Gasteiger partial charge in [0.15, 0.2) is 0 Å². The molecule has 0 bridgehead atoms. The average Bonchev–Trinajstić information content (AvgIpc) is 2.91. The molecule has 0 radical (unpaired) electrons. The quantitative estimate of drug-likeness (QED) is 0.224. The third-order valence-electron chi connectivity index (χ3n) is 6.11. The van der Waals surface area contributed by atoms with E-state index in [1.165, 1.54) is 0 Å². The predicted octanol–water partition coefficient (Wildman–Crippen LogP) is 9.66. The second kappa shape index (κ2) is 10.4. The summed E-state index contributed by atoms with van der Waals surface area (Å²) < 4.78 is 250. The van der Waals surface area contributed by atoms with E-state index in [1.54, 1.807) is 0 Å². The van der Waals surface area contributed by atoms with Crippen molar-refractivity contribution in [3.05, 3.63) is 72.3 Å². The van der Waals surface area contributed by atoms with E-state index in [9.17, 15) is 61.5 Å². The molecule has 3 rings (SSSR count). The largest absolute Gasteiger partial charge is 0.460 e. The summed E-state index contributed by atoms with van der Waals surface area (Å²) in [7, 11) is 0. The maximum absolute atomic E-state index is 15.2. The van der Waals surface area contributed by atoms with Crippen molar-refractivity contribution in [3.8, 4) is 22.3 Å². The molecule has 2 heterocycles. The summed E-state index contributed by atoms with van der Waals surface area (Å²) in [6.07, 6.45) is -12.4. The zero-order valence-corrected chi connectivity index (χ0v) is 20.5. The van der Waals surface area contributed by atoms with Crippen molar-refractivity contribution in [2.45, 2.75) is 47.9 Å². The molecule has 0 aliphatic carbocycles. The lowest BCUT2D eigenvalue weighted by Crippen LogP contribution is -2.60. The number of hydrogen-bond donors (Lipinski definition) is 0. The van der Waals surface area contributed by atoms with Crippen LogP contribution in [0.3, 0.4) is 0 Å². The summed E-state index contributed by atoms with van der Waals surface area (Å²) in [5.41, 5.74) is -11.5. The predicted molar refractivity (Wildman–Crippen MR) is 113 cm³/mol. The number of rotatable bonds is 8. The molecular weight excluding hydrogens is 658 g/mol. The Kier molecular flexibility index (Phi) is 8.23. The second-order valence-electron chi connectivity index (χ2n) is 8.86. The lowest BCUT2D eigenvalue weighted by Gasteiger charge is -2.37. The van der Waals surface area contributed by atoms with Crippen molar-refractivity contribution >= 4 is 0 Å². The van der Waals surface area contributed by atoms with Gasteiger partial charge in [0.1, 0.15) is 0 Å². The van der Waals surface area contributed by atoms with Crippen molar-refractivity contribution in [3.63, 3.8) is 0 Å². The van der Waals surface area contributed by atoms with Gasteiger partial charge in [-0.05, 0) is 58.7 Å². The molecule has 20 heteroatoms. The van der Waals surface area contributed by atoms with Gasteiger partial charge in [-0.1, -0.05) is 0 Å². The van der Waals surface area contributed by atoms with Crippen LogP contribution in [0.15, 0.2) is 61.2 Å². The van der Waals surface area contributed by atoms with E-state index in [1.807, 2.05) is 0 Å². The number of hydrogen-bond acceptors (Lipinski definition) is 2. The molecule has 0 atom stereocenters. The molecule has 44 heavy (non-hydrogen) atoms. The Balaban J connectivity index is 2.56. The number of benzene rings is 1. The summed E-state index contributed by atoms with van der Waals surface area (Å²) >= 11 is 0. The van der Waals surface area contributed by atoms with Crippen molar-refractivity contribution in [1.82, 2.24) is 9.97 Å². The minimum atomic E-state index is -7.54. The van der Waals surface area contributed by atoms with E-state index in [0.717, 1.165) is 0 Å². The Labute approximate surface area is 232 Å². The monoisotopic (exact) mass is 668 g/mol. The van der Waals surface area contributed by atoms with Crippen LogP contribution in [-0.2, 0) is 11.8 Å². The van der Waals surface area contributed by atoms with Gasteiger partial charge < -0.3 is 0 Å². The molecule has 242 valence electrons. The summed E-state index contributed by atoms with van der Waals surface area (Å²) in [6, 6.07) is 0.292. The molecule has 0 N–H and O–H groups in total. The van der Waals surface area contributed by atoms with Gasteiger partial charge in [-0.2, -0.15) is 79.0 Å². The molecule has 3 aromatic rings. The van der Waals surface area contributed by atoms with Crippen LogP contribution in [-0.4, -0.2) is 46.0 Å². The van der Waals surface area contributed by atoms with Crippen molar-refractivity contribution in [2.24, 2.45) is 0 Å². The van der Waals surface area contributed by atoms with E-state index >= 15 is 17.6 Å². The Morgan fingerprint density at radius 3 is 0.841 bits per heavy atom. The van der Waals surface area contributed by atoms with Gasteiger partial charge in [0.2, 0.25) is 0 Å². The van der Waals surface area contributed by atoms with Crippen LogP contribution < -0.4 is 0 Å². The third kappa shape index (κ3) is 5.08. The highest BCUT2D eigenvalue weighted by atomic mass is 19.4. The van der Waals surface area contributed by atoms with Crippen LogP contribution in [0.4, 0.5) is 79.0 Å². The molecule has 0 aliphatic rings. The van der Waals surface area contributed by atoms with Crippen LogP contribution >= 0.6 is 0 Å². The first kappa shape index (κ1) is 34.7. The highest BCUT2D eigenvalue weighted by molar-refractivity contribution is 5.78. The molecule has 0 fully saturated rings. The van der Waals surface area contributed by atoms with Gasteiger partial charge in [-0.3, -0.25) is 9.97 Å². The zero-order valence-electron chi connectivity index (χ0n) is 20.5. The molecule has 2 nitrogen and oxygen atoms in total. The Hall–Kier alpha value is -3.74. The molecule has 0 spiro atoms. The Bertz CT molecular complexity index is 1370. The number of halogens is 18. The maximum atomic E-state index is 15.2. The number of pyridine rings is 2. The molecule has 1 aromatic carbocycles. The highest BCUT2D eigenvalue weighted by Gasteiger charge is 2.83. The maximum Gasteiger partial charge on any atom is 0.460 e. The first-order valence-electron chi connectivity index (χ1n) is 11.1. The van der Waals surface area contributed by atoms with Gasteiger partial charge in [0.05, 0.1) is 0 Å². The van der Waals surface area contributed by atoms with Crippen molar-refractivity contribution < 1.29 is 79.0 Å². The minimum Gasteiger partial charge on any atom is -0.265 e. The summed E-state index contributed by atoms with van der Waals surface area (Å²) in [5.74, 6) is -43.5. The fraction of sp³-hybridized carbons (Fsp3) is 0.333. The molecular formula is C24H10F18N2. The average molecular weight is 668 g/mol. The van der Waals surface area contributed by atoms with Gasteiger partial charge in [-0.15, -0.1) is 0 Å². The molecule has 0 saturated carbocycles. The molecule has 2 aromatic heterocycles. The molecule has 0 amide bonds. The smallest absolute Gasteiger partial charge is 0.265 e. The Morgan fingerprint density at radius 1 is 0.364 bits per heavy atom. The molecule has 0 saturated heterocycles. The van der Waals surface area contributed by atoms with E-state index in [-0.39, 0.29) is 0 Å². The van der Waals surface area contributed by atoms with Crippen LogP contribution in [0, 0.1) is 0 Å². The van der Waals surface area contributed by atoms with Gasteiger partial charge in [0.25, 0.3) is 0 Å². The minimum absolute atomic E-state index is 0.436. The third-order valence-corrected chi connectivity index (χ3v) is 6.11. The SMILES string of the molecule is FC(F)(F)C(F)(F)C(F)(F)C(F)(F)c1cc(-c2ccncc2)c(C(F)(F)C(F)(F)C(F)(F)C(F)(F)F)cc1-c1ccncc1. The van der Waals surface area contributed by atoms with Crippen molar-refractivity contribution in [2.75, 3.05) is 0 Å². The fourth-order valence-electron chi connectivity index (χ4n) is 3.75. The Morgan fingerprint density at radius 2 is 0.614 bits per heavy atom. The number of alkyl halides is 18. The van der Waals surface area contributed by atoms with Gasteiger partial charge >= 0.3 is 47.9 Å². The van der Waals surface area contributed by atoms with E-state index in [4.69, 9.17) is 0 Å². The van der Waals surface area contributed by atoms with Crippen molar-refractivity contribution in [1.29, 1.82) is 0 Å². The first-order chi connectivity index (χ1) is 19.7. The molecule has 0 aliphatic heterocycles. The normalized spacial score (nSPS) is 14.6. The topological polar surface area (TPSA) is 25.8 Å². The standard InChI is InChI=1S/C24H10F18N2/c25-17(26,19(29,30)21(33,34)23(37,38)39)15-10-14(12-3-7-44-8-4-12)16(9-13(15)11-1-5-43-6-2-11)18(27,28)20(31,32)22(35,36)24(40,41)42/h1-10H. The summed E-state index contributed by atoms with van der Waals surface area (Å²) in [4.78, 5) is 6.63. The number of nitrogens with zero attached hydrogens (tertiary/aromatic N) is 2. The summed E-state index contributed by atoms with van der Waals surface area (Å²) in [6.45, 7) is 0. The molecule has 0 unspecified atom stereocenters. The lowest BCUT2D eigenvalue weighted by atomic mass is 9.82. The van der Waals surface area contributed by atoms with Gasteiger partial charge in [-0.25, -0.2) is 0 Å². The van der Waals surface area contributed by atoms with Crippen LogP contribution in [0.5, 0.6) is 0 Å². The fourth-order valence-corrected chi connectivity index (χ4v) is 3.75. The number of aromatic nitrogens is 2. The highest BCUT2D eigenvalue weighted by Crippen LogP contribution is 2.61. The lowest BCUT2D eigenvalue weighted by molar-refractivity contribution is -0.400. The van der Waals surface area contributed by atoms with Crippen LogP contribution in [0.25, 0.3) is 22.3 Å². The van der Waals surface area contributed by atoms with E-state index in [2.05, 4.69) is 9.97 Å². The van der Waals surface area contributed by atoms with E-state index in [0.29, 0.717) is 49.1 Å². The van der Waals surface area contributed by atoms with E-state index < -0.39 is 93.4 Å². The van der Waals surface area contributed by atoms with Crippen LogP contribution in [0.1, 0.15) is 11.1 Å². The van der Waals surface area contributed by atoms with Crippen LogP contribution in [0.2, 0.25) is 0 Å². The first-order valence-corrected chi connectivity index (χ1v) is 11.1. The second-order valence-corrected chi connectivity index (χ2v) is 8.86. The summed E-state index contributed by atoms with van der Waals surface area (Å²) in [5, 5.41) is 0.